The molecule has 118 valence electrons. The number of hydrogen-bond acceptors (Lipinski definition) is 5. The van der Waals surface area contributed by atoms with Gasteiger partial charge in [0, 0.05) is 32.2 Å². The van der Waals surface area contributed by atoms with Gasteiger partial charge in [-0.25, -0.2) is 4.39 Å². The standard InChI is InChI=1S/C16H15FN4O2/c1-11-8-15(23-19-11)16(22)21-6-4-20(5-7-21)14-3-2-12(10-18)9-13(14)17/h2-3,8-9H,4-7H2,1H3. The minimum absolute atomic E-state index is 0.203. The van der Waals surface area contributed by atoms with Crippen LogP contribution in [0.4, 0.5) is 10.1 Å². The lowest BCUT2D eigenvalue weighted by Crippen LogP contribution is -2.49. The van der Waals surface area contributed by atoms with Crippen LogP contribution < -0.4 is 4.90 Å². The largest absolute Gasteiger partial charge is 0.366 e. The molecule has 1 fully saturated rings. The topological polar surface area (TPSA) is 73.4 Å². The number of amides is 1. The highest BCUT2D eigenvalue weighted by Gasteiger charge is 2.25. The molecule has 23 heavy (non-hydrogen) atoms. The number of hydrogen-bond donors (Lipinski definition) is 0. The van der Waals surface area contributed by atoms with Gasteiger partial charge in [0.25, 0.3) is 5.91 Å². The number of benzene rings is 1. The molecule has 0 unspecified atom stereocenters. The molecule has 6 nitrogen and oxygen atoms in total. The molecule has 0 spiro atoms. The third-order valence-corrected chi connectivity index (χ3v) is 3.82. The molecular formula is C16H15FN4O2. The number of halogens is 1. The summed E-state index contributed by atoms with van der Waals surface area (Å²) < 4.78 is 19.0. The Morgan fingerprint density at radius 1 is 1.30 bits per heavy atom. The molecule has 1 saturated heterocycles. The van der Waals surface area contributed by atoms with E-state index >= 15 is 0 Å². The number of aromatic nitrogens is 1. The smallest absolute Gasteiger partial charge is 0.292 e. The maximum absolute atomic E-state index is 14.0. The van der Waals surface area contributed by atoms with Gasteiger partial charge in [0.05, 0.1) is 23.0 Å². The molecule has 1 aromatic carbocycles. The normalized spacial score (nSPS) is 14.7. The zero-order valence-corrected chi connectivity index (χ0v) is 12.6. The first kappa shape index (κ1) is 15.0. The lowest BCUT2D eigenvalue weighted by Gasteiger charge is -2.35. The predicted octanol–water partition coefficient (Wildman–Crippen LogP) is 1.96. The molecule has 0 aliphatic carbocycles. The molecular weight excluding hydrogens is 299 g/mol. The van der Waals surface area contributed by atoms with Gasteiger partial charge in [0.2, 0.25) is 5.76 Å². The molecule has 0 radical (unpaired) electrons. The van der Waals surface area contributed by atoms with Crippen molar-refractivity contribution in [2.45, 2.75) is 6.92 Å². The summed E-state index contributed by atoms with van der Waals surface area (Å²) in [7, 11) is 0. The van der Waals surface area contributed by atoms with Crippen LogP contribution >= 0.6 is 0 Å². The Hall–Kier alpha value is -2.88. The van der Waals surface area contributed by atoms with Crippen molar-refractivity contribution in [1.29, 1.82) is 5.26 Å². The summed E-state index contributed by atoms with van der Waals surface area (Å²) in [5, 5.41) is 12.5. The second-order valence-corrected chi connectivity index (χ2v) is 5.39. The third-order valence-electron chi connectivity index (χ3n) is 3.82. The molecule has 3 rings (SSSR count). The monoisotopic (exact) mass is 314 g/mol. The minimum Gasteiger partial charge on any atom is -0.366 e. The fourth-order valence-corrected chi connectivity index (χ4v) is 2.60. The number of nitrogens with zero attached hydrogens (tertiary/aromatic N) is 4. The Bertz CT molecular complexity index is 773. The summed E-state index contributed by atoms with van der Waals surface area (Å²) in [6.45, 7) is 3.73. The number of carbonyl (C=O) groups excluding carboxylic acids is 1. The van der Waals surface area contributed by atoms with Gasteiger partial charge < -0.3 is 14.3 Å². The number of aryl methyl sites for hydroxylation is 1. The first-order chi connectivity index (χ1) is 11.1. The van der Waals surface area contributed by atoms with E-state index in [1.54, 1.807) is 30.0 Å². The van der Waals surface area contributed by atoms with E-state index in [2.05, 4.69) is 5.16 Å². The van der Waals surface area contributed by atoms with Crippen LogP contribution in [0.25, 0.3) is 0 Å². The average molecular weight is 314 g/mol. The first-order valence-electron chi connectivity index (χ1n) is 7.25. The van der Waals surface area contributed by atoms with Gasteiger partial charge in [-0.2, -0.15) is 5.26 Å². The van der Waals surface area contributed by atoms with Gasteiger partial charge in [-0.15, -0.1) is 0 Å². The fourth-order valence-electron chi connectivity index (χ4n) is 2.60. The molecule has 1 aliphatic heterocycles. The Balaban J connectivity index is 1.67. The maximum atomic E-state index is 14.0. The van der Waals surface area contributed by atoms with E-state index in [0.717, 1.165) is 0 Å². The van der Waals surface area contributed by atoms with Crippen molar-refractivity contribution >= 4 is 11.6 Å². The van der Waals surface area contributed by atoms with Crippen LogP contribution in [0.2, 0.25) is 0 Å². The summed E-state index contributed by atoms with van der Waals surface area (Å²) in [5.41, 5.74) is 1.40. The molecule has 2 heterocycles. The summed E-state index contributed by atoms with van der Waals surface area (Å²) in [5.74, 6) is -0.402. The molecule has 1 amide bonds. The number of anilines is 1. The molecule has 1 aromatic heterocycles. The zero-order chi connectivity index (χ0) is 16.4. The summed E-state index contributed by atoms with van der Waals surface area (Å²) in [4.78, 5) is 15.8. The van der Waals surface area contributed by atoms with E-state index in [-0.39, 0.29) is 11.7 Å². The van der Waals surface area contributed by atoms with Gasteiger partial charge in [-0.05, 0) is 25.1 Å². The SMILES string of the molecule is Cc1cc(C(=O)N2CCN(c3ccc(C#N)cc3F)CC2)on1. The van der Waals surface area contributed by atoms with Crippen LogP contribution in [0, 0.1) is 24.1 Å². The number of nitriles is 1. The van der Waals surface area contributed by atoms with Gasteiger partial charge in [0.1, 0.15) is 5.82 Å². The quantitative estimate of drug-likeness (QED) is 0.847. The molecule has 1 aliphatic rings. The van der Waals surface area contributed by atoms with Crippen LogP contribution in [-0.4, -0.2) is 42.1 Å². The van der Waals surface area contributed by atoms with Crippen molar-refractivity contribution in [2.24, 2.45) is 0 Å². The van der Waals surface area contributed by atoms with Crippen molar-refractivity contribution in [3.8, 4) is 6.07 Å². The zero-order valence-electron chi connectivity index (χ0n) is 12.6. The third kappa shape index (κ3) is 3.01. The lowest BCUT2D eigenvalue weighted by atomic mass is 10.1. The van der Waals surface area contributed by atoms with Crippen molar-refractivity contribution in [2.75, 3.05) is 31.1 Å². The van der Waals surface area contributed by atoms with E-state index in [0.29, 0.717) is 43.1 Å². The van der Waals surface area contributed by atoms with Crippen LogP contribution in [0.3, 0.4) is 0 Å². The summed E-state index contributed by atoms with van der Waals surface area (Å²) in [6.07, 6.45) is 0. The molecule has 2 aromatic rings. The fraction of sp³-hybridized carbons (Fsp3) is 0.312. The lowest BCUT2D eigenvalue weighted by molar-refractivity contribution is 0.0704. The minimum atomic E-state index is -0.422. The number of carbonyl (C=O) groups is 1. The Morgan fingerprint density at radius 3 is 2.61 bits per heavy atom. The molecule has 0 saturated carbocycles. The van der Waals surface area contributed by atoms with Crippen molar-refractivity contribution < 1.29 is 13.7 Å². The van der Waals surface area contributed by atoms with Crippen LogP contribution in [0.1, 0.15) is 21.8 Å². The van der Waals surface area contributed by atoms with E-state index < -0.39 is 5.82 Å². The second-order valence-electron chi connectivity index (χ2n) is 5.39. The Labute approximate surface area is 132 Å². The van der Waals surface area contributed by atoms with Crippen LogP contribution in [0.5, 0.6) is 0 Å². The van der Waals surface area contributed by atoms with Crippen molar-refractivity contribution in [3.63, 3.8) is 0 Å². The first-order valence-corrected chi connectivity index (χ1v) is 7.25. The molecule has 7 heteroatoms. The van der Waals surface area contributed by atoms with Crippen molar-refractivity contribution in [3.05, 3.63) is 47.1 Å². The van der Waals surface area contributed by atoms with Gasteiger partial charge in [-0.3, -0.25) is 4.79 Å². The molecule has 0 bridgehead atoms. The average Bonchev–Trinajstić information content (AvgIpc) is 3.00. The highest BCUT2D eigenvalue weighted by molar-refractivity contribution is 5.91. The summed E-state index contributed by atoms with van der Waals surface area (Å²) >= 11 is 0. The van der Waals surface area contributed by atoms with Crippen LogP contribution in [0.15, 0.2) is 28.8 Å². The van der Waals surface area contributed by atoms with E-state index in [4.69, 9.17) is 9.78 Å². The van der Waals surface area contributed by atoms with Gasteiger partial charge in [-0.1, -0.05) is 5.16 Å². The molecule has 0 N–H and O–H groups in total. The second kappa shape index (κ2) is 6.08. The van der Waals surface area contributed by atoms with Gasteiger partial charge >= 0.3 is 0 Å². The number of rotatable bonds is 2. The van der Waals surface area contributed by atoms with Crippen LogP contribution in [-0.2, 0) is 0 Å². The Kier molecular flexibility index (Phi) is 3.98. The highest BCUT2D eigenvalue weighted by Crippen LogP contribution is 2.22. The molecule has 0 atom stereocenters. The highest BCUT2D eigenvalue weighted by atomic mass is 19.1. The van der Waals surface area contributed by atoms with Gasteiger partial charge in [0.15, 0.2) is 0 Å². The van der Waals surface area contributed by atoms with E-state index in [1.807, 2.05) is 11.0 Å². The summed E-state index contributed by atoms with van der Waals surface area (Å²) in [6, 6.07) is 7.94. The number of piperazine rings is 1. The van der Waals surface area contributed by atoms with E-state index in [9.17, 15) is 9.18 Å². The van der Waals surface area contributed by atoms with Crippen molar-refractivity contribution in [1.82, 2.24) is 10.1 Å². The maximum Gasteiger partial charge on any atom is 0.292 e. The predicted molar refractivity (Wildman–Crippen MR) is 80.5 cm³/mol. The Morgan fingerprint density at radius 2 is 2.04 bits per heavy atom. The van der Waals surface area contributed by atoms with E-state index in [1.165, 1.54) is 6.07 Å².